The van der Waals surface area contributed by atoms with E-state index in [0.717, 1.165) is 11.8 Å². The second-order valence-electron chi connectivity index (χ2n) is 4.58. The van der Waals surface area contributed by atoms with Crippen LogP contribution in [0.2, 0.25) is 0 Å². The van der Waals surface area contributed by atoms with Crippen molar-refractivity contribution in [2.24, 2.45) is 11.3 Å². The molecule has 1 fully saturated rings. The normalized spacial score (nSPS) is 21.5. The molecule has 1 N–H and O–H groups in total. The van der Waals surface area contributed by atoms with Gasteiger partial charge in [0, 0.05) is 12.4 Å². The molecule has 0 aromatic carbocycles. The molecule has 0 amide bonds. The number of hydrogen-bond donors (Lipinski definition) is 1. The summed E-state index contributed by atoms with van der Waals surface area (Å²) < 4.78 is 0. The Morgan fingerprint density at radius 1 is 1.46 bits per heavy atom. The van der Waals surface area contributed by atoms with E-state index < -0.39 is 0 Å². The molecule has 0 aliphatic heterocycles. The second kappa shape index (κ2) is 5.21. The lowest BCUT2D eigenvalue weighted by Gasteiger charge is -2.16. The third kappa shape index (κ3) is 3.86. The van der Waals surface area contributed by atoms with Gasteiger partial charge >= 0.3 is 0 Å². The van der Waals surface area contributed by atoms with Gasteiger partial charge in [-0.25, -0.2) is 0 Å². The van der Waals surface area contributed by atoms with Crippen LogP contribution in [0.3, 0.4) is 0 Å². The third-order valence-corrected chi connectivity index (χ3v) is 3.46. The van der Waals surface area contributed by atoms with Crippen molar-refractivity contribution < 1.29 is 0 Å². The van der Waals surface area contributed by atoms with Crippen molar-refractivity contribution in [1.29, 1.82) is 0 Å². The van der Waals surface area contributed by atoms with Gasteiger partial charge in [0.2, 0.25) is 0 Å². The Morgan fingerprint density at radius 3 is 2.62 bits per heavy atom. The first-order valence-electron chi connectivity index (χ1n) is 5.49. The lowest BCUT2D eigenvalue weighted by molar-refractivity contribution is 0.412. The van der Waals surface area contributed by atoms with E-state index in [9.17, 15) is 0 Å². The molecule has 13 heavy (non-hydrogen) atoms. The molecular formula is C11H22ClN. The number of nitrogens with one attached hydrogen (secondary N) is 1. The standard InChI is InChI=1S/C11H22ClN/c1-3-10(2)8-13-9-11(4-5-11)6-7-12/h10,13H,3-9H2,1-2H3. The Morgan fingerprint density at radius 2 is 2.15 bits per heavy atom. The molecule has 1 unspecified atom stereocenters. The molecule has 1 saturated carbocycles. The largest absolute Gasteiger partial charge is 0.316 e. The number of alkyl halides is 1. The molecule has 0 spiro atoms. The SMILES string of the molecule is CCC(C)CNCC1(CCCl)CC1. The molecule has 1 atom stereocenters. The van der Waals surface area contributed by atoms with Crippen LogP contribution < -0.4 is 5.32 Å². The lowest BCUT2D eigenvalue weighted by atomic mass is 10.0. The van der Waals surface area contributed by atoms with Gasteiger partial charge in [-0.1, -0.05) is 20.3 Å². The summed E-state index contributed by atoms with van der Waals surface area (Å²) in [6.07, 6.45) is 5.23. The zero-order valence-electron chi connectivity index (χ0n) is 8.91. The maximum atomic E-state index is 5.77. The highest BCUT2D eigenvalue weighted by Crippen LogP contribution is 2.48. The summed E-state index contributed by atoms with van der Waals surface area (Å²) in [6, 6.07) is 0. The van der Waals surface area contributed by atoms with Crippen molar-refractivity contribution in [1.82, 2.24) is 5.32 Å². The minimum absolute atomic E-state index is 0.592. The second-order valence-corrected chi connectivity index (χ2v) is 4.96. The van der Waals surface area contributed by atoms with Gasteiger partial charge in [-0.2, -0.15) is 0 Å². The van der Waals surface area contributed by atoms with E-state index >= 15 is 0 Å². The lowest BCUT2D eigenvalue weighted by Crippen LogP contribution is -2.28. The van der Waals surface area contributed by atoms with Gasteiger partial charge in [0.15, 0.2) is 0 Å². The molecule has 1 nitrogen and oxygen atoms in total. The minimum atomic E-state index is 0.592. The Hall–Kier alpha value is 0.250. The Labute approximate surface area is 87.2 Å². The highest BCUT2D eigenvalue weighted by atomic mass is 35.5. The molecule has 0 aromatic heterocycles. The zero-order chi connectivity index (χ0) is 9.73. The van der Waals surface area contributed by atoms with Crippen LogP contribution in [0.15, 0.2) is 0 Å². The number of hydrogen-bond acceptors (Lipinski definition) is 1. The highest BCUT2D eigenvalue weighted by Gasteiger charge is 2.40. The fourth-order valence-electron chi connectivity index (χ4n) is 1.62. The average molecular weight is 204 g/mol. The van der Waals surface area contributed by atoms with Gasteiger partial charge in [0.05, 0.1) is 0 Å². The summed E-state index contributed by atoms with van der Waals surface area (Å²) in [5.74, 6) is 1.64. The quantitative estimate of drug-likeness (QED) is 0.628. The van der Waals surface area contributed by atoms with E-state index in [4.69, 9.17) is 11.6 Å². The molecule has 1 aliphatic carbocycles. The first-order valence-corrected chi connectivity index (χ1v) is 6.02. The van der Waals surface area contributed by atoms with Crippen LogP contribution in [0.25, 0.3) is 0 Å². The van der Waals surface area contributed by atoms with Crippen LogP contribution in [0, 0.1) is 11.3 Å². The summed E-state index contributed by atoms with van der Waals surface area (Å²) in [5, 5.41) is 3.57. The first kappa shape index (κ1) is 11.3. The van der Waals surface area contributed by atoms with E-state index in [1.165, 1.54) is 38.8 Å². The molecular weight excluding hydrogens is 182 g/mol. The van der Waals surface area contributed by atoms with Crippen molar-refractivity contribution in [2.45, 2.75) is 39.5 Å². The Bertz CT molecular complexity index is 143. The predicted molar refractivity (Wildman–Crippen MR) is 59.3 cm³/mol. The van der Waals surface area contributed by atoms with Crippen LogP contribution in [-0.4, -0.2) is 19.0 Å². The smallest absolute Gasteiger partial charge is 0.0229 e. The molecule has 1 aliphatic rings. The van der Waals surface area contributed by atoms with Crippen molar-refractivity contribution in [3.63, 3.8) is 0 Å². The molecule has 0 bridgehead atoms. The van der Waals surface area contributed by atoms with Crippen molar-refractivity contribution in [3.8, 4) is 0 Å². The predicted octanol–water partition coefficient (Wildman–Crippen LogP) is 3.03. The minimum Gasteiger partial charge on any atom is -0.316 e. The summed E-state index contributed by atoms with van der Waals surface area (Å²) in [4.78, 5) is 0. The van der Waals surface area contributed by atoms with Crippen molar-refractivity contribution in [2.75, 3.05) is 19.0 Å². The van der Waals surface area contributed by atoms with E-state index in [1.807, 2.05) is 0 Å². The summed E-state index contributed by atoms with van der Waals surface area (Å²) in [7, 11) is 0. The van der Waals surface area contributed by atoms with Gasteiger partial charge in [-0.05, 0) is 37.1 Å². The van der Waals surface area contributed by atoms with Crippen molar-refractivity contribution in [3.05, 3.63) is 0 Å². The number of halogens is 1. The van der Waals surface area contributed by atoms with Crippen molar-refractivity contribution >= 4 is 11.6 Å². The van der Waals surface area contributed by atoms with E-state index in [1.54, 1.807) is 0 Å². The van der Waals surface area contributed by atoms with Crippen LogP contribution in [-0.2, 0) is 0 Å². The topological polar surface area (TPSA) is 12.0 Å². The zero-order valence-corrected chi connectivity index (χ0v) is 9.66. The monoisotopic (exact) mass is 203 g/mol. The molecule has 0 aromatic rings. The summed E-state index contributed by atoms with van der Waals surface area (Å²) in [5.41, 5.74) is 0.592. The maximum Gasteiger partial charge on any atom is 0.0229 e. The van der Waals surface area contributed by atoms with Gasteiger partial charge < -0.3 is 5.32 Å². The molecule has 0 radical (unpaired) electrons. The molecule has 0 saturated heterocycles. The molecule has 2 heteroatoms. The summed E-state index contributed by atoms with van der Waals surface area (Å²) in [6.45, 7) is 6.90. The highest BCUT2D eigenvalue weighted by molar-refractivity contribution is 6.17. The van der Waals surface area contributed by atoms with Crippen LogP contribution in [0.4, 0.5) is 0 Å². The van der Waals surface area contributed by atoms with Crippen LogP contribution >= 0.6 is 11.6 Å². The van der Waals surface area contributed by atoms with E-state index in [-0.39, 0.29) is 0 Å². The van der Waals surface area contributed by atoms with Gasteiger partial charge in [0.25, 0.3) is 0 Å². The van der Waals surface area contributed by atoms with Crippen LogP contribution in [0.5, 0.6) is 0 Å². The Balaban J connectivity index is 2.05. The van der Waals surface area contributed by atoms with Gasteiger partial charge in [-0.3, -0.25) is 0 Å². The van der Waals surface area contributed by atoms with Gasteiger partial charge in [-0.15, -0.1) is 11.6 Å². The number of rotatable bonds is 7. The third-order valence-electron chi connectivity index (χ3n) is 3.27. The van der Waals surface area contributed by atoms with Crippen LogP contribution in [0.1, 0.15) is 39.5 Å². The van der Waals surface area contributed by atoms with E-state index in [0.29, 0.717) is 5.41 Å². The fraction of sp³-hybridized carbons (Fsp3) is 1.00. The first-order chi connectivity index (χ1) is 6.22. The maximum absolute atomic E-state index is 5.77. The average Bonchev–Trinajstić information content (AvgIpc) is 2.86. The fourth-order valence-corrected chi connectivity index (χ4v) is 2.02. The molecule has 78 valence electrons. The molecule has 1 rings (SSSR count). The summed E-state index contributed by atoms with van der Waals surface area (Å²) >= 11 is 5.77. The van der Waals surface area contributed by atoms with E-state index in [2.05, 4.69) is 19.2 Å². The molecule has 0 heterocycles. The Kier molecular flexibility index (Phi) is 4.54. The van der Waals surface area contributed by atoms with Gasteiger partial charge in [0.1, 0.15) is 0 Å².